The molecule has 0 aromatic rings. The Morgan fingerprint density at radius 3 is 1.84 bits per heavy atom. The zero-order valence-electron chi connectivity index (χ0n) is 13.1. The van der Waals surface area contributed by atoms with E-state index in [1.165, 1.54) is 6.42 Å². The first-order chi connectivity index (χ1) is 8.68. The third kappa shape index (κ3) is 2.21. The minimum Gasteiger partial charge on any atom is -0.388 e. The van der Waals surface area contributed by atoms with Gasteiger partial charge in [-0.05, 0) is 49.4 Å². The molecule has 0 aromatic carbocycles. The summed E-state index contributed by atoms with van der Waals surface area (Å²) in [6.07, 6.45) is 7.91. The van der Waals surface area contributed by atoms with Gasteiger partial charge in [0.15, 0.2) is 0 Å². The van der Waals surface area contributed by atoms with Crippen molar-refractivity contribution in [1.82, 2.24) is 0 Å². The SMILES string of the molecule is CC1(C)CCC(C#N)(C2(O)CCCCC2(C)C)CC1. The lowest BCUT2D eigenvalue weighted by molar-refractivity contribution is -0.179. The first kappa shape index (κ1) is 14.9. The summed E-state index contributed by atoms with van der Waals surface area (Å²) in [6.45, 7) is 8.88. The summed E-state index contributed by atoms with van der Waals surface area (Å²) in [7, 11) is 0. The normalized spacial score (nSPS) is 36.4. The highest BCUT2D eigenvalue weighted by Gasteiger charge is 2.60. The van der Waals surface area contributed by atoms with E-state index in [0.29, 0.717) is 5.41 Å². The van der Waals surface area contributed by atoms with Crippen molar-refractivity contribution in [2.24, 2.45) is 16.2 Å². The fourth-order valence-electron chi connectivity index (χ4n) is 4.35. The van der Waals surface area contributed by atoms with Gasteiger partial charge >= 0.3 is 0 Å². The Labute approximate surface area is 118 Å². The van der Waals surface area contributed by atoms with E-state index in [1.807, 2.05) is 0 Å². The van der Waals surface area contributed by atoms with E-state index < -0.39 is 11.0 Å². The lowest BCUT2D eigenvalue weighted by atomic mass is 9.49. The van der Waals surface area contributed by atoms with Gasteiger partial charge in [0, 0.05) is 0 Å². The topological polar surface area (TPSA) is 44.0 Å². The first-order valence-corrected chi connectivity index (χ1v) is 7.82. The molecule has 2 saturated carbocycles. The second-order valence-electron chi connectivity index (χ2n) is 8.31. The summed E-state index contributed by atoms with van der Waals surface area (Å²) in [5, 5.41) is 21.3. The van der Waals surface area contributed by atoms with Crippen molar-refractivity contribution < 1.29 is 5.11 Å². The molecular weight excluding hydrogens is 234 g/mol. The summed E-state index contributed by atoms with van der Waals surface area (Å²) in [5.41, 5.74) is -1.13. The second kappa shape index (κ2) is 4.48. The molecule has 0 saturated heterocycles. The van der Waals surface area contributed by atoms with Gasteiger partial charge in [0.05, 0.1) is 17.1 Å². The van der Waals surface area contributed by atoms with Gasteiger partial charge in [-0.25, -0.2) is 0 Å². The molecule has 2 nitrogen and oxygen atoms in total. The van der Waals surface area contributed by atoms with Crippen molar-refractivity contribution in [3.63, 3.8) is 0 Å². The Hall–Kier alpha value is -0.550. The molecule has 0 bridgehead atoms. The highest BCUT2D eigenvalue weighted by Crippen LogP contribution is 2.59. The molecule has 0 heterocycles. The summed E-state index contributed by atoms with van der Waals surface area (Å²) in [6, 6.07) is 2.57. The van der Waals surface area contributed by atoms with E-state index >= 15 is 0 Å². The maximum Gasteiger partial charge on any atom is 0.0883 e. The third-order valence-electron chi connectivity index (χ3n) is 6.17. The van der Waals surface area contributed by atoms with E-state index in [9.17, 15) is 10.4 Å². The molecule has 1 atom stereocenters. The van der Waals surface area contributed by atoms with Gasteiger partial charge in [-0.1, -0.05) is 40.5 Å². The van der Waals surface area contributed by atoms with Crippen LogP contribution in [0.15, 0.2) is 0 Å². The summed E-state index contributed by atoms with van der Waals surface area (Å²) in [4.78, 5) is 0. The van der Waals surface area contributed by atoms with Crippen LogP contribution in [0.3, 0.4) is 0 Å². The summed E-state index contributed by atoms with van der Waals surface area (Å²) >= 11 is 0. The molecule has 108 valence electrons. The van der Waals surface area contributed by atoms with Crippen LogP contribution in [0.5, 0.6) is 0 Å². The van der Waals surface area contributed by atoms with Gasteiger partial charge in [0.1, 0.15) is 0 Å². The molecule has 1 N–H and O–H groups in total. The van der Waals surface area contributed by atoms with Crippen molar-refractivity contribution >= 4 is 0 Å². The van der Waals surface area contributed by atoms with Crippen molar-refractivity contribution in [2.45, 2.75) is 84.7 Å². The molecule has 2 aliphatic rings. The van der Waals surface area contributed by atoms with E-state index in [-0.39, 0.29) is 5.41 Å². The van der Waals surface area contributed by atoms with Crippen LogP contribution in [-0.4, -0.2) is 10.7 Å². The number of hydrogen-bond acceptors (Lipinski definition) is 2. The molecule has 1 unspecified atom stereocenters. The van der Waals surface area contributed by atoms with Gasteiger partial charge in [-0.15, -0.1) is 0 Å². The van der Waals surface area contributed by atoms with Gasteiger partial charge in [-0.3, -0.25) is 0 Å². The van der Waals surface area contributed by atoms with Gasteiger partial charge in [0.2, 0.25) is 0 Å². The van der Waals surface area contributed by atoms with Crippen LogP contribution in [0.25, 0.3) is 0 Å². The monoisotopic (exact) mass is 263 g/mol. The molecular formula is C17H29NO. The lowest BCUT2D eigenvalue weighted by Crippen LogP contribution is -2.60. The van der Waals surface area contributed by atoms with Gasteiger partial charge in [-0.2, -0.15) is 5.26 Å². The zero-order chi connectivity index (χ0) is 14.4. The fraction of sp³-hybridized carbons (Fsp3) is 0.941. The highest BCUT2D eigenvalue weighted by molar-refractivity contribution is 5.18. The lowest BCUT2D eigenvalue weighted by Gasteiger charge is -2.57. The van der Waals surface area contributed by atoms with Crippen molar-refractivity contribution in [2.75, 3.05) is 0 Å². The predicted molar refractivity (Wildman–Crippen MR) is 77.5 cm³/mol. The molecule has 0 aromatic heterocycles. The van der Waals surface area contributed by atoms with Gasteiger partial charge < -0.3 is 5.11 Å². The fourth-order valence-corrected chi connectivity index (χ4v) is 4.35. The van der Waals surface area contributed by atoms with Crippen molar-refractivity contribution in [3.8, 4) is 6.07 Å². The second-order valence-corrected chi connectivity index (χ2v) is 8.31. The summed E-state index contributed by atoms with van der Waals surface area (Å²) < 4.78 is 0. The van der Waals surface area contributed by atoms with Crippen LogP contribution >= 0.6 is 0 Å². The molecule has 19 heavy (non-hydrogen) atoms. The number of nitriles is 1. The Bertz CT molecular complexity index is 381. The minimum atomic E-state index is -0.802. The van der Waals surface area contributed by atoms with Crippen molar-refractivity contribution in [1.29, 1.82) is 5.26 Å². The average molecular weight is 263 g/mol. The molecule has 2 rings (SSSR count). The third-order valence-corrected chi connectivity index (χ3v) is 6.17. The van der Waals surface area contributed by atoms with Crippen molar-refractivity contribution in [3.05, 3.63) is 0 Å². The molecule has 0 amide bonds. The molecule has 2 aliphatic carbocycles. The number of nitrogens with zero attached hydrogens (tertiary/aromatic N) is 1. The van der Waals surface area contributed by atoms with Gasteiger partial charge in [0.25, 0.3) is 0 Å². The van der Waals surface area contributed by atoms with E-state index in [4.69, 9.17) is 0 Å². The van der Waals surface area contributed by atoms with E-state index in [2.05, 4.69) is 33.8 Å². The molecule has 0 aliphatic heterocycles. The van der Waals surface area contributed by atoms with E-state index in [0.717, 1.165) is 44.9 Å². The smallest absolute Gasteiger partial charge is 0.0883 e. The maximum absolute atomic E-state index is 11.4. The van der Waals surface area contributed by atoms with Crippen LogP contribution < -0.4 is 0 Å². The molecule has 2 fully saturated rings. The number of rotatable bonds is 1. The first-order valence-electron chi connectivity index (χ1n) is 7.82. The van der Waals surface area contributed by atoms with Crippen LogP contribution in [0.4, 0.5) is 0 Å². The van der Waals surface area contributed by atoms with E-state index in [1.54, 1.807) is 0 Å². The average Bonchev–Trinajstić information content (AvgIpc) is 2.33. The predicted octanol–water partition coefficient (Wildman–Crippen LogP) is 4.43. The zero-order valence-corrected chi connectivity index (χ0v) is 13.1. The Morgan fingerprint density at radius 2 is 1.37 bits per heavy atom. The molecule has 0 spiro atoms. The summed E-state index contributed by atoms with van der Waals surface area (Å²) in [5.74, 6) is 0. The molecule has 0 radical (unpaired) electrons. The van der Waals surface area contributed by atoms with Crippen LogP contribution in [-0.2, 0) is 0 Å². The molecule has 2 heteroatoms. The quantitative estimate of drug-likeness (QED) is 0.760. The maximum atomic E-state index is 11.4. The largest absolute Gasteiger partial charge is 0.388 e. The minimum absolute atomic E-state index is 0.136. The highest BCUT2D eigenvalue weighted by atomic mass is 16.3. The Balaban J connectivity index is 2.34. The van der Waals surface area contributed by atoms with Crippen LogP contribution in [0.1, 0.15) is 79.1 Å². The van der Waals surface area contributed by atoms with Crippen LogP contribution in [0, 0.1) is 27.6 Å². The Kier molecular flexibility index (Phi) is 3.51. The Morgan fingerprint density at radius 1 is 0.842 bits per heavy atom. The number of aliphatic hydroxyl groups is 1. The number of hydrogen-bond donors (Lipinski definition) is 1. The standard InChI is InChI=1S/C17H29NO/c1-14(2)9-11-16(13-18,12-10-14)17(19)8-6-5-7-15(17,3)4/h19H,5-12H2,1-4H3. The van der Waals surface area contributed by atoms with Crippen LogP contribution in [0.2, 0.25) is 0 Å².